The van der Waals surface area contributed by atoms with Gasteiger partial charge in [-0.3, -0.25) is 4.79 Å². The monoisotopic (exact) mass is 265 g/mol. The van der Waals surface area contributed by atoms with Crippen molar-refractivity contribution >= 4 is 5.91 Å². The average molecular weight is 265 g/mol. The van der Waals surface area contributed by atoms with Crippen LogP contribution in [0.3, 0.4) is 0 Å². The van der Waals surface area contributed by atoms with Crippen LogP contribution in [-0.4, -0.2) is 42.0 Å². The number of carbonyl (C=O) groups is 1. The molecule has 0 radical (unpaired) electrons. The van der Waals surface area contributed by atoms with Crippen molar-refractivity contribution in [2.45, 2.75) is 33.4 Å². The maximum absolute atomic E-state index is 12.1. The smallest absolute Gasteiger partial charge is 0.239 e. The molecule has 1 N–H and O–H groups in total. The first-order valence-corrected chi connectivity index (χ1v) is 6.64. The van der Waals surface area contributed by atoms with Crippen molar-refractivity contribution in [3.63, 3.8) is 0 Å². The van der Waals surface area contributed by atoms with E-state index >= 15 is 0 Å². The maximum atomic E-state index is 12.1. The van der Waals surface area contributed by atoms with Crippen molar-refractivity contribution in [1.29, 1.82) is 0 Å². The van der Waals surface area contributed by atoms with Crippen LogP contribution in [0.1, 0.15) is 26.5 Å². The first kappa shape index (κ1) is 15.4. The predicted molar refractivity (Wildman–Crippen MR) is 75.0 cm³/mol. The van der Waals surface area contributed by atoms with Crippen LogP contribution in [0, 0.1) is 0 Å². The van der Waals surface area contributed by atoms with Gasteiger partial charge in [0.15, 0.2) is 0 Å². The van der Waals surface area contributed by atoms with E-state index < -0.39 is 0 Å². The van der Waals surface area contributed by atoms with Crippen molar-refractivity contribution < 1.29 is 9.53 Å². The van der Waals surface area contributed by atoms with Gasteiger partial charge in [0.05, 0.1) is 18.8 Å². The van der Waals surface area contributed by atoms with Crippen LogP contribution in [0.4, 0.5) is 0 Å². The minimum atomic E-state index is -0.215. The third kappa shape index (κ3) is 4.52. The average Bonchev–Trinajstić information content (AvgIpc) is 2.46. The van der Waals surface area contributed by atoms with Gasteiger partial charge in [-0.25, -0.2) is 4.98 Å². The Kier molecular flexibility index (Phi) is 6.29. The largest absolute Gasteiger partial charge is 0.481 e. The highest BCUT2D eigenvalue weighted by Crippen LogP contribution is 2.06. The molecule has 0 spiro atoms. The highest BCUT2D eigenvalue weighted by molar-refractivity contribution is 5.81. The van der Waals surface area contributed by atoms with Gasteiger partial charge in [-0.05, 0) is 26.8 Å². The summed E-state index contributed by atoms with van der Waals surface area (Å²) < 4.78 is 5.07. The quantitative estimate of drug-likeness (QED) is 0.810. The van der Waals surface area contributed by atoms with Crippen LogP contribution in [0.2, 0.25) is 0 Å². The first-order chi connectivity index (χ1) is 9.12. The molecule has 1 aromatic heterocycles. The van der Waals surface area contributed by atoms with Crippen molar-refractivity contribution in [1.82, 2.24) is 15.2 Å². The van der Waals surface area contributed by atoms with Crippen LogP contribution in [0.5, 0.6) is 5.88 Å². The fraction of sp³-hybridized carbons (Fsp3) is 0.571. The summed E-state index contributed by atoms with van der Waals surface area (Å²) in [5.41, 5.74) is 0.860. The van der Waals surface area contributed by atoms with Crippen LogP contribution < -0.4 is 10.1 Å². The van der Waals surface area contributed by atoms with E-state index in [1.165, 1.54) is 0 Å². The topological polar surface area (TPSA) is 54.5 Å². The Morgan fingerprint density at radius 1 is 1.42 bits per heavy atom. The summed E-state index contributed by atoms with van der Waals surface area (Å²) in [7, 11) is 1.59. The zero-order valence-corrected chi connectivity index (χ0v) is 12.1. The molecule has 0 saturated heterocycles. The van der Waals surface area contributed by atoms with Crippen molar-refractivity contribution in [2.24, 2.45) is 0 Å². The third-order valence-corrected chi connectivity index (χ3v) is 3.03. The van der Waals surface area contributed by atoms with Crippen LogP contribution in [-0.2, 0) is 11.3 Å². The Bertz CT molecular complexity index is 405. The van der Waals surface area contributed by atoms with E-state index in [9.17, 15) is 4.79 Å². The number of pyridine rings is 1. The van der Waals surface area contributed by atoms with Gasteiger partial charge in [0.1, 0.15) is 0 Å². The molecule has 0 saturated carbocycles. The van der Waals surface area contributed by atoms with Gasteiger partial charge in [0.25, 0.3) is 0 Å². The first-order valence-electron chi connectivity index (χ1n) is 6.64. The van der Waals surface area contributed by atoms with Crippen molar-refractivity contribution in [3.8, 4) is 5.88 Å². The van der Waals surface area contributed by atoms with Gasteiger partial charge >= 0.3 is 0 Å². The molecule has 5 heteroatoms. The van der Waals surface area contributed by atoms with Gasteiger partial charge in [0.2, 0.25) is 11.8 Å². The van der Waals surface area contributed by atoms with Gasteiger partial charge in [-0.1, -0.05) is 6.07 Å². The molecular formula is C14H23N3O2. The summed E-state index contributed by atoms with van der Waals surface area (Å²) in [6.07, 6.45) is 0. The second kappa shape index (κ2) is 7.74. The fourth-order valence-electron chi connectivity index (χ4n) is 1.82. The molecule has 0 bridgehead atoms. The lowest BCUT2D eigenvalue weighted by molar-refractivity contribution is -0.132. The number of aromatic nitrogens is 1. The second-order valence-corrected chi connectivity index (χ2v) is 4.28. The number of methoxy groups -OCH3 is 1. The number of nitrogens with one attached hydrogen (secondary N) is 1. The SMILES string of the molecule is CCN(CC)C(=O)C(C)NCc1cccc(OC)n1. The lowest BCUT2D eigenvalue weighted by atomic mass is 10.2. The summed E-state index contributed by atoms with van der Waals surface area (Å²) >= 11 is 0. The molecule has 0 aliphatic heterocycles. The van der Waals surface area contributed by atoms with E-state index in [1.807, 2.05) is 37.8 Å². The molecule has 1 aromatic rings. The van der Waals surface area contributed by atoms with E-state index in [1.54, 1.807) is 13.2 Å². The Morgan fingerprint density at radius 2 is 2.11 bits per heavy atom. The summed E-state index contributed by atoms with van der Waals surface area (Å²) in [5, 5.41) is 3.19. The number of likely N-dealkylation sites (N-methyl/N-ethyl adjacent to an activating group) is 1. The molecular weight excluding hydrogens is 242 g/mol. The molecule has 0 aliphatic carbocycles. The Labute approximate surface area is 115 Å². The minimum absolute atomic E-state index is 0.118. The molecule has 106 valence electrons. The van der Waals surface area contributed by atoms with E-state index in [0.29, 0.717) is 12.4 Å². The van der Waals surface area contributed by atoms with Gasteiger partial charge < -0.3 is 15.0 Å². The van der Waals surface area contributed by atoms with Gasteiger partial charge in [-0.15, -0.1) is 0 Å². The highest BCUT2D eigenvalue weighted by Gasteiger charge is 2.17. The Balaban J connectivity index is 2.53. The number of ether oxygens (including phenoxy) is 1. The number of rotatable bonds is 7. The second-order valence-electron chi connectivity index (χ2n) is 4.28. The molecule has 0 aliphatic rings. The van der Waals surface area contributed by atoms with E-state index in [2.05, 4.69) is 10.3 Å². The van der Waals surface area contributed by atoms with Crippen molar-refractivity contribution in [3.05, 3.63) is 23.9 Å². The molecule has 1 unspecified atom stereocenters. The van der Waals surface area contributed by atoms with Crippen LogP contribution >= 0.6 is 0 Å². The predicted octanol–water partition coefficient (Wildman–Crippen LogP) is 1.44. The zero-order chi connectivity index (χ0) is 14.3. The van der Waals surface area contributed by atoms with Crippen LogP contribution in [0.25, 0.3) is 0 Å². The molecule has 5 nitrogen and oxygen atoms in total. The maximum Gasteiger partial charge on any atom is 0.239 e. The van der Waals surface area contributed by atoms with Crippen LogP contribution in [0.15, 0.2) is 18.2 Å². The molecule has 0 aromatic carbocycles. The summed E-state index contributed by atoms with van der Waals surface area (Å²) in [6, 6.07) is 5.38. The summed E-state index contributed by atoms with van der Waals surface area (Å²) in [4.78, 5) is 18.2. The molecule has 1 rings (SSSR count). The summed E-state index contributed by atoms with van der Waals surface area (Å²) in [5.74, 6) is 0.704. The minimum Gasteiger partial charge on any atom is -0.481 e. The number of nitrogens with zero attached hydrogens (tertiary/aromatic N) is 2. The number of carbonyl (C=O) groups excluding carboxylic acids is 1. The normalized spacial score (nSPS) is 12.0. The fourth-order valence-corrected chi connectivity index (χ4v) is 1.82. The highest BCUT2D eigenvalue weighted by atomic mass is 16.5. The third-order valence-electron chi connectivity index (χ3n) is 3.03. The zero-order valence-electron chi connectivity index (χ0n) is 12.1. The van der Waals surface area contributed by atoms with Crippen molar-refractivity contribution in [2.75, 3.05) is 20.2 Å². The lowest BCUT2D eigenvalue weighted by Crippen LogP contribution is -2.44. The van der Waals surface area contributed by atoms with E-state index in [4.69, 9.17) is 4.74 Å². The molecule has 19 heavy (non-hydrogen) atoms. The van der Waals surface area contributed by atoms with Gasteiger partial charge in [0, 0.05) is 25.7 Å². The molecule has 0 fully saturated rings. The molecule has 1 heterocycles. The Morgan fingerprint density at radius 3 is 2.68 bits per heavy atom. The number of amides is 1. The van der Waals surface area contributed by atoms with E-state index in [-0.39, 0.29) is 11.9 Å². The Hall–Kier alpha value is -1.62. The molecule has 1 atom stereocenters. The lowest BCUT2D eigenvalue weighted by Gasteiger charge is -2.23. The number of hydrogen-bond donors (Lipinski definition) is 1. The summed E-state index contributed by atoms with van der Waals surface area (Å²) in [6.45, 7) is 7.86. The standard InChI is InChI=1S/C14H23N3O2/c1-5-17(6-2)14(18)11(3)15-10-12-8-7-9-13(16-12)19-4/h7-9,11,15H,5-6,10H2,1-4H3. The number of hydrogen-bond acceptors (Lipinski definition) is 4. The molecule has 1 amide bonds. The van der Waals surface area contributed by atoms with Gasteiger partial charge in [-0.2, -0.15) is 0 Å². The van der Waals surface area contributed by atoms with E-state index in [0.717, 1.165) is 18.8 Å².